The first-order valence-electron chi connectivity index (χ1n) is 9.53. The van der Waals surface area contributed by atoms with Crippen molar-refractivity contribution >= 4 is 17.1 Å². The van der Waals surface area contributed by atoms with E-state index in [1.807, 2.05) is 17.0 Å². The normalized spacial score (nSPS) is 14.2. The minimum atomic E-state index is -0.243. The lowest BCUT2D eigenvalue weighted by molar-refractivity contribution is -0.130. The van der Waals surface area contributed by atoms with Crippen LogP contribution < -0.4 is 0 Å². The Morgan fingerprint density at radius 2 is 1.89 bits per heavy atom. The van der Waals surface area contributed by atoms with Crippen LogP contribution in [0.4, 0.5) is 4.39 Å². The SMILES string of the molecule is O=C(CCCc1nc2cccnc2n1Cc1ccc(F)cc1)N1CCCC1. The van der Waals surface area contributed by atoms with Crippen molar-refractivity contribution < 1.29 is 9.18 Å². The number of rotatable bonds is 6. The summed E-state index contributed by atoms with van der Waals surface area (Å²) in [6.45, 7) is 2.38. The Bertz CT molecular complexity index is 929. The molecule has 0 atom stereocenters. The van der Waals surface area contributed by atoms with Crippen LogP contribution in [0.15, 0.2) is 42.6 Å². The van der Waals surface area contributed by atoms with Crippen molar-refractivity contribution in [3.63, 3.8) is 0 Å². The van der Waals surface area contributed by atoms with Gasteiger partial charge >= 0.3 is 0 Å². The minimum absolute atomic E-state index is 0.242. The average Bonchev–Trinajstić information content (AvgIpc) is 3.33. The van der Waals surface area contributed by atoms with E-state index in [0.29, 0.717) is 13.0 Å². The predicted molar refractivity (Wildman–Crippen MR) is 102 cm³/mol. The van der Waals surface area contributed by atoms with E-state index in [1.165, 1.54) is 12.1 Å². The van der Waals surface area contributed by atoms with Crippen molar-refractivity contribution in [2.45, 2.75) is 38.6 Å². The molecule has 1 aromatic carbocycles. The molecule has 3 aromatic rings. The highest BCUT2D eigenvalue weighted by Gasteiger charge is 2.18. The Hall–Kier alpha value is -2.76. The van der Waals surface area contributed by atoms with Gasteiger partial charge in [0.05, 0.1) is 6.54 Å². The molecule has 6 heteroatoms. The van der Waals surface area contributed by atoms with Crippen molar-refractivity contribution in [2.75, 3.05) is 13.1 Å². The molecule has 5 nitrogen and oxygen atoms in total. The maximum Gasteiger partial charge on any atom is 0.222 e. The van der Waals surface area contributed by atoms with Crippen LogP contribution in [0, 0.1) is 5.82 Å². The highest BCUT2D eigenvalue weighted by Crippen LogP contribution is 2.18. The fourth-order valence-corrected chi connectivity index (χ4v) is 3.66. The molecular formula is C21H23FN4O. The van der Waals surface area contributed by atoms with Gasteiger partial charge in [0, 0.05) is 32.1 Å². The van der Waals surface area contributed by atoms with E-state index >= 15 is 0 Å². The number of hydrogen-bond acceptors (Lipinski definition) is 3. The lowest BCUT2D eigenvalue weighted by atomic mass is 10.2. The van der Waals surface area contributed by atoms with Gasteiger partial charge in [0.2, 0.25) is 5.91 Å². The zero-order valence-electron chi connectivity index (χ0n) is 15.3. The van der Waals surface area contributed by atoms with Gasteiger partial charge < -0.3 is 9.47 Å². The Balaban J connectivity index is 1.50. The fourth-order valence-electron chi connectivity index (χ4n) is 3.66. The van der Waals surface area contributed by atoms with Gasteiger partial charge in [-0.2, -0.15) is 0 Å². The van der Waals surface area contributed by atoms with Gasteiger partial charge in [-0.1, -0.05) is 12.1 Å². The van der Waals surface area contributed by atoms with Crippen LogP contribution in [0.25, 0.3) is 11.2 Å². The highest BCUT2D eigenvalue weighted by atomic mass is 19.1. The Labute approximate surface area is 157 Å². The maximum absolute atomic E-state index is 13.2. The molecule has 1 saturated heterocycles. The minimum Gasteiger partial charge on any atom is -0.343 e. The monoisotopic (exact) mass is 366 g/mol. The molecule has 140 valence electrons. The van der Waals surface area contributed by atoms with Crippen LogP contribution in [0.2, 0.25) is 0 Å². The molecule has 1 amide bonds. The fraction of sp³-hybridized carbons (Fsp3) is 0.381. The number of amides is 1. The van der Waals surface area contributed by atoms with Crippen LogP contribution in [0.5, 0.6) is 0 Å². The molecule has 0 N–H and O–H groups in total. The third kappa shape index (κ3) is 3.99. The molecule has 1 aliphatic rings. The number of likely N-dealkylation sites (tertiary alicyclic amines) is 1. The molecule has 3 heterocycles. The molecule has 0 unspecified atom stereocenters. The topological polar surface area (TPSA) is 51.0 Å². The molecule has 1 fully saturated rings. The zero-order chi connectivity index (χ0) is 18.6. The summed E-state index contributed by atoms with van der Waals surface area (Å²) in [5, 5.41) is 0. The highest BCUT2D eigenvalue weighted by molar-refractivity contribution is 5.76. The largest absolute Gasteiger partial charge is 0.343 e. The maximum atomic E-state index is 13.2. The van der Waals surface area contributed by atoms with Gasteiger partial charge in [0.25, 0.3) is 0 Å². The summed E-state index contributed by atoms with van der Waals surface area (Å²) in [6.07, 6.45) is 6.02. The van der Waals surface area contributed by atoms with Gasteiger partial charge in [-0.3, -0.25) is 4.79 Å². The number of carbonyl (C=O) groups is 1. The van der Waals surface area contributed by atoms with Crippen LogP contribution in [0.3, 0.4) is 0 Å². The molecule has 0 spiro atoms. The van der Waals surface area contributed by atoms with Gasteiger partial charge in [-0.25, -0.2) is 14.4 Å². The number of benzene rings is 1. The second-order valence-electron chi connectivity index (χ2n) is 7.03. The van der Waals surface area contributed by atoms with Crippen LogP contribution >= 0.6 is 0 Å². The molecule has 4 rings (SSSR count). The number of halogens is 1. The van der Waals surface area contributed by atoms with Gasteiger partial charge in [-0.15, -0.1) is 0 Å². The summed E-state index contributed by atoms with van der Waals surface area (Å²) in [7, 11) is 0. The zero-order valence-corrected chi connectivity index (χ0v) is 15.3. The van der Waals surface area contributed by atoms with E-state index in [2.05, 4.69) is 9.55 Å². The molecule has 0 saturated carbocycles. The third-order valence-electron chi connectivity index (χ3n) is 5.09. The molecule has 0 radical (unpaired) electrons. The summed E-state index contributed by atoms with van der Waals surface area (Å²) in [4.78, 5) is 23.4. The molecule has 0 aliphatic carbocycles. The second-order valence-corrected chi connectivity index (χ2v) is 7.03. The summed E-state index contributed by atoms with van der Waals surface area (Å²) in [5.41, 5.74) is 2.67. The summed E-state index contributed by atoms with van der Waals surface area (Å²) in [6, 6.07) is 10.3. The third-order valence-corrected chi connectivity index (χ3v) is 5.09. The lowest BCUT2D eigenvalue weighted by Gasteiger charge is -2.15. The first-order chi connectivity index (χ1) is 13.2. The second kappa shape index (κ2) is 7.86. The Morgan fingerprint density at radius 1 is 1.11 bits per heavy atom. The first-order valence-corrected chi connectivity index (χ1v) is 9.53. The number of pyridine rings is 1. The number of imidazole rings is 1. The molecule has 27 heavy (non-hydrogen) atoms. The Kier molecular flexibility index (Phi) is 5.14. The number of nitrogens with zero attached hydrogens (tertiary/aromatic N) is 4. The standard InChI is InChI=1S/C21H23FN4O/c22-17-10-8-16(9-11-17)15-26-19(24-18-5-4-12-23-21(18)26)6-3-7-20(27)25-13-1-2-14-25/h4-5,8-12H,1-3,6-7,13-15H2. The number of fused-ring (bicyclic) bond motifs is 1. The molecule has 1 aliphatic heterocycles. The molecule has 2 aromatic heterocycles. The van der Waals surface area contributed by atoms with Crippen LogP contribution in [0.1, 0.15) is 37.1 Å². The number of aryl methyl sites for hydroxylation is 1. The van der Waals surface area contributed by atoms with E-state index in [-0.39, 0.29) is 11.7 Å². The number of carbonyl (C=O) groups excluding carboxylic acids is 1. The van der Waals surface area contributed by atoms with Gasteiger partial charge in [-0.05, 0) is 49.1 Å². The van der Waals surface area contributed by atoms with E-state index in [4.69, 9.17) is 4.98 Å². The van der Waals surface area contributed by atoms with Crippen LogP contribution in [-0.4, -0.2) is 38.4 Å². The molecular weight excluding hydrogens is 343 g/mol. The average molecular weight is 366 g/mol. The van der Waals surface area contributed by atoms with Gasteiger partial charge in [0.1, 0.15) is 17.2 Å². The predicted octanol–water partition coefficient (Wildman–Crippen LogP) is 3.56. The van der Waals surface area contributed by atoms with E-state index < -0.39 is 0 Å². The van der Waals surface area contributed by atoms with Gasteiger partial charge in [0.15, 0.2) is 5.65 Å². The first kappa shape index (κ1) is 17.6. The van der Waals surface area contributed by atoms with Crippen molar-refractivity contribution in [1.82, 2.24) is 19.4 Å². The van der Waals surface area contributed by atoms with Crippen molar-refractivity contribution in [3.05, 3.63) is 59.8 Å². The van der Waals surface area contributed by atoms with E-state index in [9.17, 15) is 9.18 Å². The van der Waals surface area contributed by atoms with E-state index in [0.717, 1.165) is 61.3 Å². The summed E-state index contributed by atoms with van der Waals surface area (Å²) >= 11 is 0. The van der Waals surface area contributed by atoms with Crippen LogP contribution in [-0.2, 0) is 17.8 Å². The van der Waals surface area contributed by atoms with Crippen molar-refractivity contribution in [1.29, 1.82) is 0 Å². The quantitative estimate of drug-likeness (QED) is 0.670. The van der Waals surface area contributed by atoms with Crippen molar-refractivity contribution in [3.8, 4) is 0 Å². The summed E-state index contributed by atoms with van der Waals surface area (Å²) < 4.78 is 15.3. The number of aromatic nitrogens is 3. The molecule has 0 bridgehead atoms. The summed E-state index contributed by atoms with van der Waals surface area (Å²) in [5.74, 6) is 0.919. The lowest BCUT2D eigenvalue weighted by Crippen LogP contribution is -2.27. The van der Waals surface area contributed by atoms with Crippen molar-refractivity contribution in [2.24, 2.45) is 0 Å². The number of hydrogen-bond donors (Lipinski definition) is 0. The smallest absolute Gasteiger partial charge is 0.222 e. The Morgan fingerprint density at radius 3 is 2.67 bits per heavy atom. The van der Waals surface area contributed by atoms with E-state index in [1.54, 1.807) is 18.3 Å².